The summed E-state index contributed by atoms with van der Waals surface area (Å²) in [4.78, 5) is 0. The van der Waals surface area contributed by atoms with E-state index in [0.717, 1.165) is 18.9 Å². The molecule has 3 nitrogen and oxygen atoms in total. The first-order chi connectivity index (χ1) is 6.26. The molecule has 13 heavy (non-hydrogen) atoms. The van der Waals surface area contributed by atoms with Gasteiger partial charge in [0.15, 0.2) is 0 Å². The van der Waals surface area contributed by atoms with Gasteiger partial charge in [0.1, 0.15) is 0 Å². The lowest BCUT2D eigenvalue weighted by Crippen LogP contribution is -2.34. The van der Waals surface area contributed by atoms with E-state index in [2.05, 4.69) is 0 Å². The molecule has 0 atom stereocenters. The number of hydrogen-bond donors (Lipinski definition) is 2. The van der Waals surface area contributed by atoms with Crippen LogP contribution in [-0.2, 0) is 4.74 Å². The minimum atomic E-state index is -0.422. The Morgan fingerprint density at radius 3 is 2.31 bits per heavy atom. The summed E-state index contributed by atoms with van der Waals surface area (Å²) in [5.74, 6) is 0.743. The van der Waals surface area contributed by atoms with Crippen molar-refractivity contribution in [2.45, 2.75) is 26.2 Å². The Kier molecular flexibility index (Phi) is 4.16. The fraction of sp³-hybridized carbons (Fsp3) is 1.00. The molecule has 0 aromatic heterocycles. The first-order valence-electron chi connectivity index (χ1n) is 5.06. The van der Waals surface area contributed by atoms with Crippen molar-refractivity contribution in [1.29, 1.82) is 0 Å². The van der Waals surface area contributed by atoms with Gasteiger partial charge in [0.25, 0.3) is 0 Å². The van der Waals surface area contributed by atoms with E-state index in [1.165, 1.54) is 12.8 Å². The monoisotopic (exact) mass is 188 g/mol. The molecule has 0 heterocycles. The van der Waals surface area contributed by atoms with Crippen molar-refractivity contribution < 1.29 is 14.9 Å². The Morgan fingerprint density at radius 1 is 1.31 bits per heavy atom. The predicted octanol–water partition coefficient (Wildman–Crippen LogP) is 0.794. The van der Waals surface area contributed by atoms with Crippen molar-refractivity contribution in [2.24, 2.45) is 11.3 Å². The van der Waals surface area contributed by atoms with Crippen molar-refractivity contribution in [3.8, 4) is 0 Å². The molecule has 0 unspecified atom stereocenters. The van der Waals surface area contributed by atoms with Gasteiger partial charge in [0.2, 0.25) is 0 Å². The van der Waals surface area contributed by atoms with Crippen LogP contribution in [-0.4, -0.2) is 36.6 Å². The minimum Gasteiger partial charge on any atom is -0.396 e. The highest BCUT2D eigenvalue weighted by atomic mass is 16.5. The molecule has 0 aromatic carbocycles. The zero-order valence-electron chi connectivity index (χ0n) is 8.33. The van der Waals surface area contributed by atoms with Gasteiger partial charge in [-0.1, -0.05) is 6.92 Å². The largest absolute Gasteiger partial charge is 0.396 e. The van der Waals surface area contributed by atoms with Gasteiger partial charge in [0, 0.05) is 12.0 Å². The number of rotatable bonds is 7. The van der Waals surface area contributed by atoms with Crippen LogP contribution in [0.25, 0.3) is 0 Å². The lowest BCUT2D eigenvalue weighted by Gasteiger charge is -2.27. The topological polar surface area (TPSA) is 49.7 Å². The van der Waals surface area contributed by atoms with Crippen molar-refractivity contribution in [3.63, 3.8) is 0 Å². The smallest absolute Gasteiger partial charge is 0.0566 e. The predicted molar refractivity (Wildman–Crippen MR) is 50.4 cm³/mol. The maximum absolute atomic E-state index is 9.12. The average Bonchev–Trinajstić information content (AvgIpc) is 2.97. The van der Waals surface area contributed by atoms with Crippen LogP contribution in [0.5, 0.6) is 0 Å². The fourth-order valence-corrected chi connectivity index (χ4v) is 1.19. The average molecular weight is 188 g/mol. The number of ether oxygens (including phenoxy) is 1. The molecule has 0 bridgehead atoms. The van der Waals surface area contributed by atoms with Crippen LogP contribution in [0.2, 0.25) is 0 Å². The van der Waals surface area contributed by atoms with Crippen molar-refractivity contribution in [1.82, 2.24) is 0 Å². The molecule has 1 saturated carbocycles. The molecule has 0 saturated heterocycles. The van der Waals surface area contributed by atoms with Gasteiger partial charge < -0.3 is 14.9 Å². The van der Waals surface area contributed by atoms with Gasteiger partial charge in [-0.15, -0.1) is 0 Å². The summed E-state index contributed by atoms with van der Waals surface area (Å²) in [6, 6.07) is 0. The van der Waals surface area contributed by atoms with Crippen LogP contribution in [0.1, 0.15) is 26.2 Å². The fourth-order valence-electron chi connectivity index (χ4n) is 1.19. The highest BCUT2D eigenvalue weighted by molar-refractivity contribution is 4.77. The molecule has 1 fully saturated rings. The van der Waals surface area contributed by atoms with Crippen molar-refractivity contribution >= 4 is 0 Å². The van der Waals surface area contributed by atoms with Crippen LogP contribution in [0.3, 0.4) is 0 Å². The van der Waals surface area contributed by atoms with Gasteiger partial charge >= 0.3 is 0 Å². The van der Waals surface area contributed by atoms with Gasteiger partial charge in [-0.2, -0.15) is 0 Å². The molecule has 0 spiro atoms. The van der Waals surface area contributed by atoms with Gasteiger partial charge in [-0.05, 0) is 25.2 Å². The third-order valence-electron chi connectivity index (χ3n) is 2.88. The molecule has 3 heteroatoms. The number of hydrogen-bond acceptors (Lipinski definition) is 3. The normalized spacial score (nSPS) is 17.8. The van der Waals surface area contributed by atoms with E-state index in [1.54, 1.807) is 0 Å². The highest BCUT2D eigenvalue weighted by Crippen LogP contribution is 2.30. The quantitative estimate of drug-likeness (QED) is 0.621. The lowest BCUT2D eigenvalue weighted by molar-refractivity contribution is -0.0324. The maximum Gasteiger partial charge on any atom is 0.0566 e. The molecule has 0 amide bonds. The molecule has 2 N–H and O–H groups in total. The molecule has 1 aliphatic rings. The van der Waals surface area contributed by atoms with E-state index in [1.807, 2.05) is 6.92 Å². The Labute approximate surface area is 79.7 Å². The van der Waals surface area contributed by atoms with Crippen LogP contribution in [0.4, 0.5) is 0 Å². The second-order valence-corrected chi connectivity index (χ2v) is 4.13. The SMILES string of the molecule is CCC(CO)(CO)COCC1CC1. The van der Waals surface area contributed by atoms with E-state index in [-0.39, 0.29) is 13.2 Å². The van der Waals surface area contributed by atoms with E-state index in [4.69, 9.17) is 14.9 Å². The zero-order chi connectivity index (χ0) is 9.73. The third-order valence-corrected chi connectivity index (χ3v) is 2.88. The van der Waals surface area contributed by atoms with E-state index < -0.39 is 5.41 Å². The highest BCUT2D eigenvalue weighted by Gasteiger charge is 2.28. The van der Waals surface area contributed by atoms with Gasteiger partial charge in [-0.25, -0.2) is 0 Å². The first-order valence-corrected chi connectivity index (χ1v) is 5.06. The summed E-state index contributed by atoms with van der Waals surface area (Å²) < 4.78 is 5.48. The van der Waals surface area contributed by atoms with Crippen molar-refractivity contribution in [3.05, 3.63) is 0 Å². The second-order valence-electron chi connectivity index (χ2n) is 4.13. The Morgan fingerprint density at radius 2 is 1.92 bits per heavy atom. The molecule has 1 rings (SSSR count). The Hall–Kier alpha value is -0.120. The summed E-state index contributed by atoms with van der Waals surface area (Å²) in [5, 5.41) is 18.2. The lowest BCUT2D eigenvalue weighted by atomic mass is 9.88. The zero-order valence-corrected chi connectivity index (χ0v) is 8.33. The van der Waals surface area contributed by atoms with Crippen LogP contribution >= 0.6 is 0 Å². The van der Waals surface area contributed by atoms with Crippen LogP contribution in [0, 0.1) is 11.3 Å². The molecular formula is C10H20O3. The summed E-state index contributed by atoms with van der Waals surface area (Å²) >= 11 is 0. The number of aliphatic hydroxyl groups is 2. The molecule has 1 aliphatic carbocycles. The Bertz CT molecular complexity index is 131. The molecule has 0 aliphatic heterocycles. The molecule has 0 aromatic rings. The number of aliphatic hydroxyl groups excluding tert-OH is 2. The first kappa shape index (κ1) is 11.0. The summed E-state index contributed by atoms with van der Waals surface area (Å²) in [7, 11) is 0. The summed E-state index contributed by atoms with van der Waals surface area (Å²) in [6.07, 6.45) is 3.30. The van der Waals surface area contributed by atoms with E-state index in [9.17, 15) is 0 Å². The van der Waals surface area contributed by atoms with E-state index in [0.29, 0.717) is 6.61 Å². The summed E-state index contributed by atoms with van der Waals surface area (Å²) in [6.45, 7) is 3.25. The second kappa shape index (κ2) is 4.94. The van der Waals surface area contributed by atoms with Crippen molar-refractivity contribution in [2.75, 3.05) is 26.4 Å². The van der Waals surface area contributed by atoms with Crippen LogP contribution in [0.15, 0.2) is 0 Å². The van der Waals surface area contributed by atoms with Crippen LogP contribution < -0.4 is 0 Å². The standard InChI is InChI=1S/C10H20O3/c1-2-10(6-11,7-12)8-13-5-9-3-4-9/h9,11-12H,2-8H2,1H3. The minimum absolute atomic E-state index is 0.00463. The molecule has 0 radical (unpaired) electrons. The Balaban J connectivity index is 2.19. The third kappa shape index (κ3) is 3.25. The van der Waals surface area contributed by atoms with E-state index >= 15 is 0 Å². The molecule has 78 valence electrons. The van der Waals surface area contributed by atoms with Gasteiger partial charge in [0.05, 0.1) is 19.8 Å². The van der Waals surface area contributed by atoms with Gasteiger partial charge in [-0.3, -0.25) is 0 Å². The molecular weight excluding hydrogens is 168 g/mol. The maximum atomic E-state index is 9.12. The summed E-state index contributed by atoms with van der Waals surface area (Å²) in [5.41, 5.74) is -0.422.